The summed E-state index contributed by atoms with van der Waals surface area (Å²) in [6.07, 6.45) is 4.02. The number of hydrogen-bond acceptors (Lipinski definition) is 6. The molecule has 2 aromatic heterocycles. The number of aliphatic hydroxyl groups excluding tert-OH is 1. The van der Waals surface area contributed by atoms with Gasteiger partial charge < -0.3 is 15.2 Å². The number of methoxy groups -OCH3 is 1. The second-order valence-electron chi connectivity index (χ2n) is 5.15. The number of nitrogens with one attached hydrogen (secondary N) is 1. The van der Waals surface area contributed by atoms with Crippen molar-refractivity contribution in [3.63, 3.8) is 0 Å². The van der Waals surface area contributed by atoms with Crippen molar-refractivity contribution in [2.24, 2.45) is 0 Å². The molecule has 0 aliphatic rings. The molecule has 1 atom stereocenters. The summed E-state index contributed by atoms with van der Waals surface area (Å²) in [7, 11) is 1.63. The molecule has 0 spiro atoms. The maximum Gasteiger partial charge on any atom is 0.168 e. The fourth-order valence-corrected chi connectivity index (χ4v) is 2.34. The third-order valence-electron chi connectivity index (χ3n) is 3.74. The highest BCUT2D eigenvalue weighted by atomic mass is 16.5. The lowest BCUT2D eigenvalue weighted by Gasteiger charge is -2.14. The molecular formula is C16H19N5O2. The predicted octanol–water partition coefficient (Wildman–Crippen LogP) is 2.01. The molecule has 3 rings (SSSR count). The quantitative estimate of drug-likeness (QED) is 0.724. The van der Waals surface area contributed by atoms with Crippen molar-refractivity contribution in [3.05, 3.63) is 36.8 Å². The molecule has 0 saturated carbocycles. The van der Waals surface area contributed by atoms with Crippen LogP contribution >= 0.6 is 0 Å². The van der Waals surface area contributed by atoms with Crippen LogP contribution in [0.2, 0.25) is 0 Å². The first-order valence-electron chi connectivity index (χ1n) is 7.47. The second-order valence-corrected chi connectivity index (χ2v) is 5.15. The van der Waals surface area contributed by atoms with E-state index in [2.05, 4.69) is 20.4 Å². The zero-order valence-corrected chi connectivity index (χ0v) is 13.1. The van der Waals surface area contributed by atoms with E-state index < -0.39 is 0 Å². The standard InChI is InChI=1S/C16H19N5O2/c1-3-11(9-22)20-15-14-8-19-21(16(14)18-10-17-15)12-4-6-13(23-2)7-5-12/h4-8,10-11,22H,3,9H2,1-2H3,(H,17,18,20)/t11-/m0/s1. The Morgan fingerprint density at radius 3 is 2.70 bits per heavy atom. The van der Waals surface area contributed by atoms with Gasteiger partial charge in [0.2, 0.25) is 0 Å². The lowest BCUT2D eigenvalue weighted by Crippen LogP contribution is -2.23. The van der Waals surface area contributed by atoms with Gasteiger partial charge in [-0.1, -0.05) is 6.92 Å². The predicted molar refractivity (Wildman–Crippen MR) is 88.0 cm³/mol. The first kappa shape index (κ1) is 15.2. The summed E-state index contributed by atoms with van der Waals surface area (Å²) in [6.45, 7) is 2.06. The van der Waals surface area contributed by atoms with E-state index >= 15 is 0 Å². The molecule has 0 fully saturated rings. The third kappa shape index (κ3) is 2.95. The molecule has 2 N–H and O–H groups in total. The molecule has 0 radical (unpaired) electrons. The van der Waals surface area contributed by atoms with Gasteiger partial charge in [-0.05, 0) is 30.7 Å². The van der Waals surface area contributed by atoms with Crippen LogP contribution in [-0.2, 0) is 0 Å². The van der Waals surface area contributed by atoms with Crippen LogP contribution < -0.4 is 10.1 Å². The van der Waals surface area contributed by atoms with Crippen LogP contribution in [0.15, 0.2) is 36.8 Å². The Hall–Kier alpha value is -2.67. The zero-order valence-electron chi connectivity index (χ0n) is 13.1. The Morgan fingerprint density at radius 1 is 1.26 bits per heavy atom. The average molecular weight is 313 g/mol. The van der Waals surface area contributed by atoms with Gasteiger partial charge >= 0.3 is 0 Å². The summed E-state index contributed by atoms with van der Waals surface area (Å²) in [4.78, 5) is 8.61. The normalized spacial score (nSPS) is 12.3. The van der Waals surface area contributed by atoms with Gasteiger partial charge in [-0.3, -0.25) is 0 Å². The van der Waals surface area contributed by atoms with E-state index in [-0.39, 0.29) is 12.6 Å². The van der Waals surface area contributed by atoms with Crippen LogP contribution in [0, 0.1) is 0 Å². The minimum absolute atomic E-state index is 0.0440. The minimum Gasteiger partial charge on any atom is -0.497 e. The van der Waals surface area contributed by atoms with Gasteiger partial charge in [-0.15, -0.1) is 0 Å². The molecule has 0 unspecified atom stereocenters. The van der Waals surface area contributed by atoms with Gasteiger partial charge in [-0.25, -0.2) is 14.6 Å². The van der Waals surface area contributed by atoms with Crippen molar-refractivity contribution >= 4 is 16.9 Å². The number of nitrogens with zero attached hydrogens (tertiary/aromatic N) is 4. The van der Waals surface area contributed by atoms with Crippen molar-refractivity contribution in [2.75, 3.05) is 19.0 Å². The van der Waals surface area contributed by atoms with Crippen LogP contribution in [0.25, 0.3) is 16.7 Å². The van der Waals surface area contributed by atoms with Crippen LogP contribution in [0.1, 0.15) is 13.3 Å². The summed E-state index contributed by atoms with van der Waals surface area (Å²) in [5.74, 6) is 1.46. The summed E-state index contributed by atoms with van der Waals surface area (Å²) in [5.41, 5.74) is 1.60. The van der Waals surface area contributed by atoms with E-state index in [1.165, 1.54) is 6.33 Å². The van der Waals surface area contributed by atoms with Gasteiger partial charge in [-0.2, -0.15) is 5.10 Å². The smallest absolute Gasteiger partial charge is 0.168 e. The van der Waals surface area contributed by atoms with Crippen molar-refractivity contribution in [1.29, 1.82) is 0 Å². The van der Waals surface area contributed by atoms with Crippen molar-refractivity contribution < 1.29 is 9.84 Å². The van der Waals surface area contributed by atoms with Crippen molar-refractivity contribution in [1.82, 2.24) is 19.7 Å². The van der Waals surface area contributed by atoms with E-state index in [1.807, 2.05) is 31.2 Å². The highest BCUT2D eigenvalue weighted by Crippen LogP contribution is 2.23. The van der Waals surface area contributed by atoms with Crippen LogP contribution in [0.5, 0.6) is 5.75 Å². The molecule has 23 heavy (non-hydrogen) atoms. The van der Waals surface area contributed by atoms with E-state index in [0.717, 1.165) is 23.2 Å². The lowest BCUT2D eigenvalue weighted by molar-refractivity contribution is 0.271. The molecule has 7 nitrogen and oxygen atoms in total. The van der Waals surface area contributed by atoms with Crippen molar-refractivity contribution in [3.8, 4) is 11.4 Å². The van der Waals surface area contributed by atoms with E-state index in [9.17, 15) is 5.11 Å². The van der Waals surface area contributed by atoms with Gasteiger partial charge in [0.1, 0.15) is 17.9 Å². The molecule has 0 aliphatic carbocycles. The van der Waals surface area contributed by atoms with E-state index in [1.54, 1.807) is 18.0 Å². The van der Waals surface area contributed by atoms with E-state index in [4.69, 9.17) is 4.74 Å². The SMILES string of the molecule is CC[C@@H](CO)Nc1ncnc2c1cnn2-c1ccc(OC)cc1. The van der Waals surface area contributed by atoms with Gasteiger partial charge in [0, 0.05) is 0 Å². The molecule has 2 heterocycles. The first-order chi connectivity index (χ1) is 11.3. The number of ether oxygens (including phenoxy) is 1. The zero-order chi connectivity index (χ0) is 16.2. The van der Waals surface area contributed by atoms with E-state index in [0.29, 0.717) is 11.5 Å². The maximum absolute atomic E-state index is 9.35. The molecule has 0 aliphatic heterocycles. The molecular weight excluding hydrogens is 294 g/mol. The number of anilines is 1. The summed E-state index contributed by atoms with van der Waals surface area (Å²) in [6, 6.07) is 7.55. The van der Waals surface area contributed by atoms with Gasteiger partial charge in [0.25, 0.3) is 0 Å². The highest BCUT2D eigenvalue weighted by molar-refractivity contribution is 5.87. The molecule has 1 aromatic carbocycles. The molecule has 0 amide bonds. The Labute approximate surface area is 133 Å². The third-order valence-corrected chi connectivity index (χ3v) is 3.74. The summed E-state index contributed by atoms with van der Waals surface area (Å²) >= 11 is 0. The number of aliphatic hydroxyl groups is 1. The fraction of sp³-hybridized carbons (Fsp3) is 0.312. The highest BCUT2D eigenvalue weighted by Gasteiger charge is 2.13. The molecule has 0 bridgehead atoms. The monoisotopic (exact) mass is 313 g/mol. The largest absolute Gasteiger partial charge is 0.497 e. The number of benzene rings is 1. The Morgan fingerprint density at radius 2 is 2.04 bits per heavy atom. The topological polar surface area (TPSA) is 85.1 Å². The number of aromatic nitrogens is 4. The number of hydrogen-bond donors (Lipinski definition) is 2. The number of rotatable bonds is 6. The summed E-state index contributed by atoms with van der Waals surface area (Å²) < 4.78 is 6.92. The van der Waals surface area contributed by atoms with Gasteiger partial charge in [0.05, 0.1) is 37.0 Å². The van der Waals surface area contributed by atoms with Crippen LogP contribution in [0.3, 0.4) is 0 Å². The average Bonchev–Trinajstić information content (AvgIpc) is 3.04. The van der Waals surface area contributed by atoms with Crippen LogP contribution in [-0.4, -0.2) is 44.6 Å². The summed E-state index contributed by atoms with van der Waals surface area (Å²) in [5, 5.41) is 17.8. The number of fused-ring (bicyclic) bond motifs is 1. The Balaban J connectivity index is 2.00. The molecule has 120 valence electrons. The van der Waals surface area contributed by atoms with Crippen LogP contribution in [0.4, 0.5) is 5.82 Å². The van der Waals surface area contributed by atoms with Crippen molar-refractivity contribution in [2.45, 2.75) is 19.4 Å². The van der Waals surface area contributed by atoms with Gasteiger partial charge in [0.15, 0.2) is 5.65 Å². The molecule has 7 heteroatoms. The fourth-order valence-electron chi connectivity index (χ4n) is 2.34. The first-order valence-corrected chi connectivity index (χ1v) is 7.47. The molecule has 3 aromatic rings. The second kappa shape index (κ2) is 6.62. The molecule has 0 saturated heterocycles. The maximum atomic E-state index is 9.35. The minimum atomic E-state index is -0.0440. The Kier molecular flexibility index (Phi) is 4.38. The Bertz CT molecular complexity index is 781. The lowest BCUT2D eigenvalue weighted by atomic mass is 10.2.